The Balaban J connectivity index is 2.83. The number of para-hydroxylation sites is 1. The molecule has 0 aliphatic heterocycles. The molecule has 2 aromatic rings. The molecule has 0 unspecified atom stereocenters. The molecule has 1 heteroatoms. The lowest BCUT2D eigenvalue weighted by Crippen LogP contribution is -1.85. The molecule has 1 aromatic carbocycles. The molecule has 0 fully saturated rings. The Kier molecular flexibility index (Phi) is 0.995. The number of benzene rings is 1. The summed E-state index contributed by atoms with van der Waals surface area (Å²) in [5.41, 5.74) is 1.86. The van der Waals surface area contributed by atoms with Crippen LogP contribution in [0.2, 0.25) is 0 Å². The van der Waals surface area contributed by atoms with E-state index in [0.29, 0.717) is 10.9 Å². The minimum absolute atomic E-state index is 0.380. The fourth-order valence-electron chi connectivity index (χ4n) is 1.31. The third-order valence-corrected chi connectivity index (χ3v) is 1.84. The zero-order chi connectivity index (χ0) is 11.1. The topological polar surface area (TPSA) is 12.9 Å². The van der Waals surface area contributed by atoms with Crippen molar-refractivity contribution in [2.24, 2.45) is 0 Å². The van der Waals surface area contributed by atoms with Gasteiger partial charge in [0, 0.05) is 15.2 Å². The summed E-state index contributed by atoms with van der Waals surface area (Å²) in [6.45, 7) is -0.269. The van der Waals surface area contributed by atoms with Crippen LogP contribution in [0.3, 0.4) is 0 Å². The van der Waals surface area contributed by atoms with E-state index in [0.717, 1.165) is 11.2 Å². The zero-order valence-corrected chi connectivity index (χ0v) is 6.83. The van der Waals surface area contributed by atoms with E-state index in [1.807, 2.05) is 25.1 Å². The second kappa shape index (κ2) is 2.59. The fraction of sp³-hybridized carbons (Fsp3) is 0.182. The minimum Gasteiger partial charge on any atom is -0.253 e. The molecule has 0 saturated carbocycles. The maximum absolute atomic E-state index is 7.46. The molecule has 12 heavy (non-hydrogen) atoms. The summed E-state index contributed by atoms with van der Waals surface area (Å²) in [6.07, 6.45) is 0. The highest BCUT2D eigenvalue weighted by Gasteiger charge is 1.97. The van der Waals surface area contributed by atoms with E-state index >= 15 is 0 Å². The van der Waals surface area contributed by atoms with Gasteiger partial charge in [0.2, 0.25) is 0 Å². The van der Waals surface area contributed by atoms with Crippen molar-refractivity contribution in [3.05, 3.63) is 41.6 Å². The predicted octanol–water partition coefficient (Wildman–Crippen LogP) is 2.85. The number of aromatic nitrogens is 1. The van der Waals surface area contributed by atoms with E-state index in [1.54, 1.807) is 12.1 Å². The molecule has 0 radical (unpaired) electrons. The Bertz CT molecular complexity index is 503. The number of fused-ring (bicyclic) bond motifs is 1. The number of nitrogens with zero attached hydrogens (tertiary/aromatic N) is 1. The maximum Gasteiger partial charge on any atom is 0.0707 e. The van der Waals surface area contributed by atoms with Gasteiger partial charge in [-0.05, 0) is 31.5 Å². The summed E-state index contributed by atoms with van der Waals surface area (Å²) >= 11 is 0. The van der Waals surface area contributed by atoms with Crippen molar-refractivity contribution in [2.45, 2.75) is 13.8 Å². The predicted molar refractivity (Wildman–Crippen MR) is 51.2 cm³/mol. The lowest BCUT2D eigenvalue weighted by atomic mass is 10.1. The lowest BCUT2D eigenvalue weighted by molar-refractivity contribution is 1.23. The van der Waals surface area contributed by atoms with E-state index in [-0.39, 0.29) is 0 Å². The van der Waals surface area contributed by atoms with Gasteiger partial charge in [0.15, 0.2) is 0 Å². The van der Waals surface area contributed by atoms with Crippen LogP contribution in [-0.4, -0.2) is 4.98 Å². The Morgan fingerprint density at radius 1 is 1.33 bits per heavy atom. The van der Waals surface area contributed by atoms with Crippen molar-refractivity contribution in [1.29, 1.82) is 0 Å². The highest BCUT2D eigenvalue weighted by Crippen LogP contribution is 2.16. The first kappa shape index (κ1) is 4.61. The molecule has 1 heterocycles. The first-order valence-corrected chi connectivity index (χ1v) is 3.85. The number of hydrogen-bond acceptors (Lipinski definition) is 1. The molecule has 0 amide bonds. The van der Waals surface area contributed by atoms with Crippen LogP contribution in [0.25, 0.3) is 10.9 Å². The molecule has 0 N–H and O–H groups in total. The summed E-state index contributed by atoms with van der Waals surface area (Å²) in [6, 6.07) is 8.95. The smallest absolute Gasteiger partial charge is 0.0707 e. The fourth-order valence-corrected chi connectivity index (χ4v) is 1.31. The Morgan fingerprint density at radius 3 is 3.00 bits per heavy atom. The Hall–Kier alpha value is -1.37. The SMILES string of the molecule is [2H]C([2H])([2H])c1cc(C)nc2ccccc12. The van der Waals surface area contributed by atoms with Crippen LogP contribution >= 0.6 is 0 Å². The lowest BCUT2D eigenvalue weighted by Gasteiger charge is -2.01. The molecule has 0 atom stereocenters. The van der Waals surface area contributed by atoms with Crippen molar-refractivity contribution in [3.63, 3.8) is 0 Å². The summed E-state index contributed by atoms with van der Waals surface area (Å²) in [4.78, 5) is 4.30. The van der Waals surface area contributed by atoms with Gasteiger partial charge in [0.05, 0.1) is 5.52 Å². The maximum atomic E-state index is 7.46. The first-order valence-electron chi connectivity index (χ1n) is 5.35. The van der Waals surface area contributed by atoms with E-state index in [4.69, 9.17) is 4.11 Å². The second-order valence-corrected chi connectivity index (χ2v) is 2.83. The molecule has 0 aliphatic rings. The van der Waals surface area contributed by atoms with Gasteiger partial charge < -0.3 is 0 Å². The Morgan fingerprint density at radius 2 is 2.17 bits per heavy atom. The molecule has 1 aromatic heterocycles. The highest BCUT2D eigenvalue weighted by molar-refractivity contribution is 5.81. The van der Waals surface area contributed by atoms with Crippen LogP contribution in [0, 0.1) is 13.8 Å². The van der Waals surface area contributed by atoms with Crippen molar-refractivity contribution >= 4 is 10.9 Å². The van der Waals surface area contributed by atoms with E-state index in [9.17, 15) is 0 Å². The quantitative estimate of drug-likeness (QED) is 0.577. The van der Waals surface area contributed by atoms with Crippen LogP contribution in [0.5, 0.6) is 0 Å². The van der Waals surface area contributed by atoms with Crippen LogP contribution < -0.4 is 0 Å². The van der Waals surface area contributed by atoms with Gasteiger partial charge in [-0.2, -0.15) is 0 Å². The highest BCUT2D eigenvalue weighted by atomic mass is 14.7. The molecule has 0 spiro atoms. The standard InChI is InChI=1S/C11H11N/c1-8-7-9(2)12-11-6-4-3-5-10(8)11/h3-7H,1-2H3/i1D3. The van der Waals surface area contributed by atoms with Crippen molar-refractivity contribution in [3.8, 4) is 0 Å². The molecule has 0 saturated heterocycles. The number of pyridine rings is 1. The van der Waals surface area contributed by atoms with Gasteiger partial charge in [-0.25, -0.2) is 0 Å². The van der Waals surface area contributed by atoms with Crippen LogP contribution in [-0.2, 0) is 0 Å². The first-order chi connectivity index (χ1) is 6.98. The van der Waals surface area contributed by atoms with Crippen molar-refractivity contribution < 1.29 is 4.11 Å². The molecule has 1 nitrogen and oxygen atoms in total. The third kappa shape index (κ3) is 1.07. The van der Waals surface area contributed by atoms with Crippen LogP contribution in [0.15, 0.2) is 30.3 Å². The molecule has 0 bridgehead atoms. The van der Waals surface area contributed by atoms with Crippen LogP contribution in [0.1, 0.15) is 15.4 Å². The zero-order valence-electron chi connectivity index (χ0n) is 9.83. The van der Waals surface area contributed by atoms with E-state index < -0.39 is 6.85 Å². The van der Waals surface area contributed by atoms with Crippen molar-refractivity contribution in [1.82, 2.24) is 4.98 Å². The minimum atomic E-state index is -2.08. The molecular formula is C11H11N. The number of hydrogen-bond donors (Lipinski definition) is 0. The Labute approximate surface area is 76.3 Å². The van der Waals surface area contributed by atoms with Crippen LogP contribution in [0.4, 0.5) is 0 Å². The number of rotatable bonds is 0. The van der Waals surface area contributed by atoms with Crippen molar-refractivity contribution in [2.75, 3.05) is 0 Å². The van der Waals surface area contributed by atoms with E-state index in [2.05, 4.69) is 4.98 Å². The number of aryl methyl sites for hydroxylation is 2. The molecule has 60 valence electrons. The molecule has 2 rings (SSSR count). The summed E-state index contributed by atoms with van der Waals surface area (Å²) in [7, 11) is 0. The normalized spacial score (nSPS) is 15.2. The van der Waals surface area contributed by atoms with Gasteiger partial charge in [-0.1, -0.05) is 18.2 Å². The third-order valence-electron chi connectivity index (χ3n) is 1.84. The van der Waals surface area contributed by atoms with Gasteiger partial charge in [-0.3, -0.25) is 4.98 Å². The monoisotopic (exact) mass is 160 g/mol. The second-order valence-electron chi connectivity index (χ2n) is 2.83. The largest absolute Gasteiger partial charge is 0.253 e. The average molecular weight is 160 g/mol. The van der Waals surface area contributed by atoms with Gasteiger partial charge in [0.1, 0.15) is 0 Å². The van der Waals surface area contributed by atoms with Gasteiger partial charge in [0.25, 0.3) is 0 Å². The molecule has 0 aliphatic carbocycles. The summed E-state index contributed by atoms with van der Waals surface area (Å²) in [5, 5.41) is 0.711. The van der Waals surface area contributed by atoms with Gasteiger partial charge >= 0.3 is 0 Å². The molecular weight excluding hydrogens is 146 g/mol. The average Bonchev–Trinajstić information content (AvgIpc) is 2.15. The summed E-state index contributed by atoms with van der Waals surface area (Å²) in [5.74, 6) is 0. The van der Waals surface area contributed by atoms with Gasteiger partial charge in [-0.15, -0.1) is 0 Å². The van der Waals surface area contributed by atoms with E-state index in [1.165, 1.54) is 0 Å². The summed E-state index contributed by atoms with van der Waals surface area (Å²) < 4.78 is 22.4.